The SMILES string of the molecule is C=CC(=C)NCC(CCC)(CNC(=O)C=C)CNC(C)C=C.CC. The fourth-order valence-electron chi connectivity index (χ4n) is 2.16. The maximum absolute atomic E-state index is 11.5. The number of allylic oxidation sites excluding steroid dienone is 1. The first kappa shape index (κ1) is 24.4. The van der Waals surface area contributed by atoms with E-state index in [0.29, 0.717) is 13.1 Å². The van der Waals surface area contributed by atoms with Crippen LogP contribution in [0.3, 0.4) is 0 Å². The predicted octanol–water partition coefficient (Wildman–Crippen LogP) is 3.55. The lowest BCUT2D eigenvalue weighted by atomic mass is 9.82. The van der Waals surface area contributed by atoms with Gasteiger partial charge in [0, 0.05) is 36.8 Å². The lowest BCUT2D eigenvalue weighted by Gasteiger charge is -2.35. The van der Waals surface area contributed by atoms with Crippen LogP contribution in [0.25, 0.3) is 0 Å². The first-order chi connectivity index (χ1) is 11.4. The lowest BCUT2D eigenvalue weighted by molar-refractivity contribution is -0.117. The molecule has 0 radical (unpaired) electrons. The highest BCUT2D eigenvalue weighted by Gasteiger charge is 2.29. The normalized spacial score (nSPS) is 13.3. The quantitative estimate of drug-likeness (QED) is 0.274. The Kier molecular flexibility index (Phi) is 15.0. The molecule has 24 heavy (non-hydrogen) atoms. The molecule has 0 bridgehead atoms. The minimum absolute atomic E-state index is 0.114. The lowest BCUT2D eigenvalue weighted by Crippen LogP contribution is -2.50. The zero-order valence-corrected chi connectivity index (χ0v) is 16.1. The van der Waals surface area contributed by atoms with E-state index in [1.165, 1.54) is 6.08 Å². The van der Waals surface area contributed by atoms with E-state index in [1.54, 1.807) is 6.08 Å². The van der Waals surface area contributed by atoms with Gasteiger partial charge in [-0.15, -0.1) is 6.58 Å². The molecule has 0 aliphatic carbocycles. The number of carbonyl (C=O) groups excluding carboxylic acids is 1. The summed E-state index contributed by atoms with van der Waals surface area (Å²) in [5, 5.41) is 9.66. The molecule has 0 rings (SSSR count). The van der Waals surface area contributed by atoms with Gasteiger partial charge in [0.15, 0.2) is 0 Å². The van der Waals surface area contributed by atoms with Gasteiger partial charge in [-0.1, -0.05) is 53.0 Å². The average molecular weight is 336 g/mol. The van der Waals surface area contributed by atoms with Gasteiger partial charge >= 0.3 is 0 Å². The molecule has 0 aromatic heterocycles. The Balaban J connectivity index is 0. The van der Waals surface area contributed by atoms with Crippen LogP contribution in [0.5, 0.6) is 0 Å². The molecule has 0 aromatic carbocycles. The van der Waals surface area contributed by atoms with Gasteiger partial charge in [-0.25, -0.2) is 0 Å². The largest absolute Gasteiger partial charge is 0.385 e. The monoisotopic (exact) mass is 335 g/mol. The molecular weight excluding hydrogens is 298 g/mol. The smallest absolute Gasteiger partial charge is 0.243 e. The van der Waals surface area contributed by atoms with Crippen LogP contribution < -0.4 is 16.0 Å². The van der Waals surface area contributed by atoms with Crippen LogP contribution >= 0.6 is 0 Å². The summed E-state index contributed by atoms with van der Waals surface area (Å²) >= 11 is 0. The van der Waals surface area contributed by atoms with Crippen LogP contribution in [0.1, 0.15) is 40.5 Å². The van der Waals surface area contributed by atoms with Gasteiger partial charge in [0.25, 0.3) is 0 Å². The fraction of sp³-hybridized carbons (Fsp3) is 0.550. The summed E-state index contributed by atoms with van der Waals surface area (Å²) in [5.41, 5.74) is 0.670. The third-order valence-electron chi connectivity index (χ3n) is 3.69. The van der Waals surface area contributed by atoms with Crippen molar-refractivity contribution in [3.63, 3.8) is 0 Å². The Morgan fingerprint density at radius 1 is 1.08 bits per heavy atom. The van der Waals surface area contributed by atoms with Crippen LogP contribution in [-0.2, 0) is 4.79 Å². The summed E-state index contributed by atoms with van der Waals surface area (Å²) in [7, 11) is 0. The summed E-state index contributed by atoms with van der Waals surface area (Å²) in [6.07, 6.45) is 6.86. The Labute approximate surface area is 149 Å². The van der Waals surface area contributed by atoms with Crippen molar-refractivity contribution in [1.29, 1.82) is 0 Å². The zero-order valence-electron chi connectivity index (χ0n) is 16.1. The molecule has 2 atom stereocenters. The van der Waals surface area contributed by atoms with E-state index in [-0.39, 0.29) is 17.4 Å². The van der Waals surface area contributed by atoms with Gasteiger partial charge in [0.2, 0.25) is 5.91 Å². The zero-order chi connectivity index (χ0) is 19.0. The molecule has 4 nitrogen and oxygen atoms in total. The molecule has 0 aliphatic heterocycles. The van der Waals surface area contributed by atoms with E-state index >= 15 is 0 Å². The molecule has 0 saturated carbocycles. The highest BCUT2D eigenvalue weighted by Crippen LogP contribution is 2.22. The second kappa shape index (κ2) is 14.8. The van der Waals surface area contributed by atoms with Gasteiger partial charge in [0.05, 0.1) is 0 Å². The second-order valence-electron chi connectivity index (χ2n) is 5.66. The first-order valence-corrected chi connectivity index (χ1v) is 8.74. The molecule has 4 heteroatoms. The molecule has 3 N–H and O–H groups in total. The van der Waals surface area contributed by atoms with Crippen molar-refractivity contribution in [2.75, 3.05) is 19.6 Å². The molecule has 138 valence electrons. The van der Waals surface area contributed by atoms with Gasteiger partial charge < -0.3 is 16.0 Å². The van der Waals surface area contributed by atoms with E-state index in [9.17, 15) is 4.79 Å². The molecule has 2 unspecified atom stereocenters. The summed E-state index contributed by atoms with van der Waals surface area (Å²) < 4.78 is 0. The maximum Gasteiger partial charge on any atom is 0.243 e. The Morgan fingerprint density at radius 2 is 1.67 bits per heavy atom. The first-order valence-electron chi connectivity index (χ1n) is 8.74. The van der Waals surface area contributed by atoms with Crippen molar-refractivity contribution < 1.29 is 4.79 Å². The van der Waals surface area contributed by atoms with Crippen LogP contribution in [0.2, 0.25) is 0 Å². The second-order valence-corrected chi connectivity index (χ2v) is 5.66. The number of rotatable bonds is 13. The molecule has 0 heterocycles. The molecule has 0 aromatic rings. The molecular formula is C20H37N3O. The fourth-order valence-corrected chi connectivity index (χ4v) is 2.16. The highest BCUT2D eigenvalue weighted by atomic mass is 16.1. The summed E-state index contributed by atoms with van der Waals surface area (Å²) in [4.78, 5) is 11.5. The summed E-state index contributed by atoms with van der Waals surface area (Å²) in [6, 6.07) is 0.217. The van der Waals surface area contributed by atoms with Crippen molar-refractivity contribution in [2.45, 2.75) is 46.6 Å². The van der Waals surface area contributed by atoms with Crippen LogP contribution in [0, 0.1) is 5.41 Å². The van der Waals surface area contributed by atoms with E-state index in [1.807, 2.05) is 19.9 Å². The third-order valence-corrected chi connectivity index (χ3v) is 3.69. The van der Waals surface area contributed by atoms with Crippen molar-refractivity contribution in [2.24, 2.45) is 5.41 Å². The topological polar surface area (TPSA) is 53.2 Å². The van der Waals surface area contributed by atoms with E-state index in [4.69, 9.17) is 0 Å². The van der Waals surface area contributed by atoms with E-state index in [0.717, 1.165) is 25.1 Å². The van der Waals surface area contributed by atoms with Gasteiger partial charge in [-0.2, -0.15) is 0 Å². The molecule has 0 saturated heterocycles. The van der Waals surface area contributed by atoms with Crippen molar-refractivity contribution in [3.05, 3.63) is 50.2 Å². The van der Waals surface area contributed by atoms with Crippen LogP contribution in [0.15, 0.2) is 50.2 Å². The number of hydrogen-bond acceptors (Lipinski definition) is 3. The Morgan fingerprint density at radius 3 is 2.12 bits per heavy atom. The van der Waals surface area contributed by atoms with Crippen LogP contribution in [0.4, 0.5) is 0 Å². The van der Waals surface area contributed by atoms with E-state index in [2.05, 4.69) is 56.1 Å². The number of amides is 1. The maximum atomic E-state index is 11.5. The number of nitrogens with one attached hydrogen (secondary N) is 3. The molecule has 1 amide bonds. The molecule has 0 spiro atoms. The minimum Gasteiger partial charge on any atom is -0.385 e. The van der Waals surface area contributed by atoms with Gasteiger partial charge in [-0.3, -0.25) is 4.79 Å². The standard InChI is InChI=1S/C18H31N3O.C2H6/c1-7-11-18(12-19-15(5)8-2,13-20-16(6)9-3)14-21-17(22)10-4;1-2/h8-10,16,19-20H,2-5,7,11-14H2,1,6H3,(H,21,22);1-2H3. The number of carbonyl (C=O) groups is 1. The Bertz CT molecular complexity index is 378. The van der Waals surface area contributed by atoms with Crippen molar-refractivity contribution >= 4 is 5.91 Å². The minimum atomic E-state index is -0.153. The molecule has 0 fully saturated rings. The van der Waals surface area contributed by atoms with Crippen LogP contribution in [-0.4, -0.2) is 31.6 Å². The predicted molar refractivity (Wildman–Crippen MR) is 107 cm³/mol. The van der Waals surface area contributed by atoms with Crippen molar-refractivity contribution in [3.8, 4) is 0 Å². The Hall–Kier alpha value is -1.81. The third kappa shape index (κ3) is 10.8. The summed E-state index contributed by atoms with van der Waals surface area (Å²) in [5.74, 6) is -0.153. The van der Waals surface area contributed by atoms with Crippen molar-refractivity contribution in [1.82, 2.24) is 16.0 Å². The molecule has 0 aliphatic rings. The van der Waals surface area contributed by atoms with Gasteiger partial charge in [-0.05, 0) is 25.5 Å². The van der Waals surface area contributed by atoms with Gasteiger partial charge in [0.1, 0.15) is 0 Å². The highest BCUT2D eigenvalue weighted by molar-refractivity contribution is 5.86. The number of hydrogen-bond donors (Lipinski definition) is 3. The summed E-state index contributed by atoms with van der Waals surface area (Å²) in [6.45, 7) is 25.1. The van der Waals surface area contributed by atoms with E-state index < -0.39 is 0 Å². The average Bonchev–Trinajstić information content (AvgIpc) is 2.63.